The molecule has 0 unspecified atom stereocenters. The van der Waals surface area contributed by atoms with Crippen LogP contribution in [0.25, 0.3) is 16.8 Å². The van der Waals surface area contributed by atoms with Gasteiger partial charge in [0.25, 0.3) is 5.91 Å². The van der Waals surface area contributed by atoms with Crippen LogP contribution in [-0.2, 0) is 16.1 Å². The van der Waals surface area contributed by atoms with Crippen LogP contribution in [0.2, 0.25) is 0 Å². The number of benzene rings is 4. The number of hydrogen-bond donors (Lipinski definition) is 1. The standard InChI is InChI=1S/C30H27NO5/c1-34-26-16-12-22(13-17-26)19-31-29(32)25(18-21-10-14-24(15-11-21)30(33)35-2)20-36-28-9-5-7-23-6-3-4-8-27(23)28/h3-18H,19-20H2,1-2H3,(H,31,32)/b25-18+. The van der Waals surface area contributed by atoms with Crippen LogP contribution in [0.4, 0.5) is 0 Å². The molecule has 182 valence electrons. The Morgan fingerprint density at radius 3 is 2.28 bits per heavy atom. The fraction of sp³-hybridized carbons (Fsp3) is 0.133. The van der Waals surface area contributed by atoms with Crippen LogP contribution in [0.5, 0.6) is 11.5 Å². The van der Waals surface area contributed by atoms with Crippen LogP contribution in [0, 0.1) is 0 Å². The lowest BCUT2D eigenvalue weighted by atomic mass is 10.1. The Hall–Kier alpha value is -4.58. The van der Waals surface area contributed by atoms with Crippen molar-refractivity contribution in [2.45, 2.75) is 6.54 Å². The summed E-state index contributed by atoms with van der Waals surface area (Å²) < 4.78 is 16.1. The maximum atomic E-state index is 13.2. The predicted octanol–water partition coefficient (Wildman–Crippen LogP) is 5.41. The lowest BCUT2D eigenvalue weighted by molar-refractivity contribution is -0.117. The third-order valence-corrected chi connectivity index (χ3v) is 5.71. The molecule has 4 aromatic carbocycles. The third kappa shape index (κ3) is 6.10. The highest BCUT2D eigenvalue weighted by Crippen LogP contribution is 2.26. The highest BCUT2D eigenvalue weighted by molar-refractivity contribution is 5.98. The molecule has 0 atom stereocenters. The number of hydrogen-bond acceptors (Lipinski definition) is 5. The first-order valence-corrected chi connectivity index (χ1v) is 11.5. The number of carbonyl (C=O) groups is 2. The molecule has 0 radical (unpaired) electrons. The van der Waals surface area contributed by atoms with Crippen LogP contribution in [-0.4, -0.2) is 32.7 Å². The van der Waals surface area contributed by atoms with Crippen molar-refractivity contribution < 1.29 is 23.8 Å². The van der Waals surface area contributed by atoms with Gasteiger partial charge in [0.2, 0.25) is 0 Å². The Balaban J connectivity index is 1.55. The first-order valence-electron chi connectivity index (χ1n) is 11.5. The van der Waals surface area contributed by atoms with Crippen LogP contribution >= 0.6 is 0 Å². The van der Waals surface area contributed by atoms with E-state index < -0.39 is 5.97 Å². The van der Waals surface area contributed by atoms with Crippen molar-refractivity contribution in [1.82, 2.24) is 5.32 Å². The lowest BCUT2D eigenvalue weighted by Crippen LogP contribution is -2.27. The molecule has 1 N–H and O–H groups in total. The Bertz CT molecular complexity index is 1370. The highest BCUT2D eigenvalue weighted by atomic mass is 16.5. The monoisotopic (exact) mass is 481 g/mol. The normalized spacial score (nSPS) is 11.1. The van der Waals surface area contributed by atoms with Gasteiger partial charge in [-0.05, 0) is 52.9 Å². The van der Waals surface area contributed by atoms with E-state index in [1.54, 1.807) is 37.5 Å². The van der Waals surface area contributed by atoms with Crippen LogP contribution in [0.15, 0.2) is 96.6 Å². The largest absolute Gasteiger partial charge is 0.497 e. The fourth-order valence-corrected chi connectivity index (χ4v) is 3.72. The summed E-state index contributed by atoms with van der Waals surface area (Å²) in [5, 5.41) is 5.00. The molecule has 0 fully saturated rings. The minimum atomic E-state index is -0.415. The van der Waals surface area contributed by atoms with E-state index in [9.17, 15) is 9.59 Å². The maximum absolute atomic E-state index is 13.2. The molecular weight excluding hydrogens is 454 g/mol. The smallest absolute Gasteiger partial charge is 0.337 e. The molecule has 0 saturated heterocycles. The minimum absolute atomic E-state index is 0.0706. The zero-order valence-electron chi connectivity index (χ0n) is 20.2. The summed E-state index contributed by atoms with van der Waals surface area (Å²) >= 11 is 0. The second-order valence-corrected chi connectivity index (χ2v) is 8.08. The zero-order chi connectivity index (χ0) is 25.3. The van der Waals surface area contributed by atoms with Gasteiger partial charge in [-0.2, -0.15) is 0 Å². The van der Waals surface area contributed by atoms with Gasteiger partial charge in [0.05, 0.1) is 25.4 Å². The molecule has 0 bridgehead atoms. The number of methoxy groups -OCH3 is 2. The van der Waals surface area contributed by atoms with Crippen molar-refractivity contribution in [2.75, 3.05) is 20.8 Å². The van der Waals surface area contributed by atoms with Gasteiger partial charge in [0.15, 0.2) is 0 Å². The van der Waals surface area contributed by atoms with Crippen molar-refractivity contribution in [1.29, 1.82) is 0 Å². The fourth-order valence-electron chi connectivity index (χ4n) is 3.72. The van der Waals surface area contributed by atoms with E-state index in [-0.39, 0.29) is 12.5 Å². The van der Waals surface area contributed by atoms with Gasteiger partial charge < -0.3 is 19.5 Å². The molecule has 0 spiro atoms. The number of esters is 1. The number of ether oxygens (including phenoxy) is 3. The van der Waals surface area contributed by atoms with Crippen molar-refractivity contribution in [3.05, 3.63) is 113 Å². The van der Waals surface area contributed by atoms with E-state index in [1.165, 1.54) is 7.11 Å². The lowest BCUT2D eigenvalue weighted by Gasteiger charge is -2.13. The maximum Gasteiger partial charge on any atom is 0.337 e. The zero-order valence-corrected chi connectivity index (χ0v) is 20.2. The molecule has 6 nitrogen and oxygen atoms in total. The van der Waals surface area contributed by atoms with E-state index in [0.717, 1.165) is 27.6 Å². The molecular formula is C30H27NO5. The van der Waals surface area contributed by atoms with Gasteiger partial charge in [-0.15, -0.1) is 0 Å². The topological polar surface area (TPSA) is 73.9 Å². The van der Waals surface area contributed by atoms with E-state index in [0.29, 0.717) is 23.4 Å². The van der Waals surface area contributed by atoms with Gasteiger partial charge in [0, 0.05) is 11.9 Å². The van der Waals surface area contributed by atoms with Gasteiger partial charge in [-0.25, -0.2) is 4.79 Å². The van der Waals surface area contributed by atoms with Gasteiger partial charge in [-0.1, -0.05) is 60.7 Å². The van der Waals surface area contributed by atoms with Crippen molar-refractivity contribution >= 4 is 28.7 Å². The summed E-state index contributed by atoms with van der Waals surface area (Å²) in [5.74, 6) is 0.790. The van der Waals surface area contributed by atoms with Crippen molar-refractivity contribution in [3.8, 4) is 11.5 Å². The third-order valence-electron chi connectivity index (χ3n) is 5.71. The Kier molecular flexibility index (Phi) is 7.98. The van der Waals surface area contributed by atoms with E-state index in [4.69, 9.17) is 14.2 Å². The van der Waals surface area contributed by atoms with E-state index in [1.807, 2.05) is 66.7 Å². The SMILES string of the molecule is COC(=O)c1ccc(/C=C(\COc2cccc3ccccc23)C(=O)NCc2ccc(OC)cc2)cc1. The second kappa shape index (κ2) is 11.7. The summed E-state index contributed by atoms with van der Waals surface area (Å²) in [4.78, 5) is 24.9. The first-order chi connectivity index (χ1) is 17.6. The summed E-state index contributed by atoms with van der Waals surface area (Å²) in [5.41, 5.74) is 2.59. The molecule has 6 heteroatoms. The molecule has 36 heavy (non-hydrogen) atoms. The molecule has 0 aliphatic carbocycles. The number of fused-ring (bicyclic) bond motifs is 1. The number of nitrogens with one attached hydrogen (secondary N) is 1. The average Bonchev–Trinajstić information content (AvgIpc) is 2.94. The van der Waals surface area contributed by atoms with E-state index in [2.05, 4.69) is 5.32 Å². The Morgan fingerprint density at radius 1 is 0.833 bits per heavy atom. The van der Waals surface area contributed by atoms with E-state index >= 15 is 0 Å². The van der Waals surface area contributed by atoms with Crippen LogP contribution in [0.3, 0.4) is 0 Å². The molecule has 1 amide bonds. The quantitative estimate of drug-likeness (QED) is 0.255. The summed E-state index contributed by atoms with van der Waals surface area (Å²) in [6.07, 6.45) is 1.76. The second-order valence-electron chi connectivity index (χ2n) is 8.08. The summed E-state index contributed by atoms with van der Waals surface area (Å²) in [6, 6.07) is 28.1. The summed E-state index contributed by atoms with van der Waals surface area (Å²) in [7, 11) is 2.95. The molecule has 4 aromatic rings. The molecule has 0 aromatic heterocycles. The molecule has 0 aliphatic rings. The molecule has 0 saturated carbocycles. The summed E-state index contributed by atoms with van der Waals surface area (Å²) in [6.45, 7) is 0.428. The number of carbonyl (C=O) groups excluding carboxylic acids is 2. The molecule has 0 aliphatic heterocycles. The minimum Gasteiger partial charge on any atom is -0.497 e. The van der Waals surface area contributed by atoms with Crippen LogP contribution < -0.4 is 14.8 Å². The van der Waals surface area contributed by atoms with Gasteiger partial charge in [0.1, 0.15) is 18.1 Å². The average molecular weight is 482 g/mol. The molecule has 0 heterocycles. The number of amides is 1. The predicted molar refractivity (Wildman–Crippen MR) is 140 cm³/mol. The Labute approximate surface area is 210 Å². The van der Waals surface area contributed by atoms with Crippen molar-refractivity contribution in [2.24, 2.45) is 0 Å². The highest BCUT2D eigenvalue weighted by Gasteiger charge is 2.13. The number of rotatable bonds is 9. The van der Waals surface area contributed by atoms with Crippen molar-refractivity contribution in [3.63, 3.8) is 0 Å². The molecule has 4 rings (SSSR count). The Morgan fingerprint density at radius 2 is 1.56 bits per heavy atom. The van der Waals surface area contributed by atoms with Gasteiger partial charge in [-0.3, -0.25) is 4.79 Å². The van der Waals surface area contributed by atoms with Gasteiger partial charge >= 0.3 is 5.97 Å². The van der Waals surface area contributed by atoms with Crippen LogP contribution in [0.1, 0.15) is 21.5 Å². The first kappa shape index (κ1) is 24.5.